The van der Waals surface area contributed by atoms with Crippen LogP contribution in [-0.4, -0.2) is 6.29 Å². The molecule has 2 N–H and O–H groups in total. The number of carbonyl (C=O) groups excluding carboxylic acids is 1. The summed E-state index contributed by atoms with van der Waals surface area (Å²) in [6.45, 7) is 0. The van der Waals surface area contributed by atoms with Crippen molar-refractivity contribution in [1.29, 1.82) is 0 Å². The molecule has 0 aliphatic rings. The molecular formula is C13H11NO. The second-order valence-electron chi connectivity index (χ2n) is 3.36. The van der Waals surface area contributed by atoms with Crippen molar-refractivity contribution in [3.05, 3.63) is 48.0 Å². The van der Waals surface area contributed by atoms with Gasteiger partial charge in [0.1, 0.15) is 6.29 Å². The summed E-state index contributed by atoms with van der Waals surface area (Å²) in [4.78, 5) is 10.2. The zero-order valence-corrected chi connectivity index (χ0v) is 8.18. The van der Waals surface area contributed by atoms with E-state index in [-0.39, 0.29) is 0 Å². The van der Waals surface area contributed by atoms with Gasteiger partial charge in [0.15, 0.2) is 0 Å². The van der Waals surface area contributed by atoms with Crippen molar-refractivity contribution in [2.24, 2.45) is 0 Å². The standard InChI is InChI=1S/C13H11NO/c14-13-6-5-11-8-10(2-1-7-15)3-4-12(11)9-13/h1-9H,14H2. The van der Waals surface area contributed by atoms with Gasteiger partial charge in [0, 0.05) is 5.69 Å². The van der Waals surface area contributed by atoms with Gasteiger partial charge in [-0.1, -0.05) is 24.3 Å². The molecule has 2 nitrogen and oxygen atoms in total. The first kappa shape index (κ1) is 9.46. The summed E-state index contributed by atoms with van der Waals surface area (Å²) in [7, 11) is 0. The molecule has 0 atom stereocenters. The second kappa shape index (κ2) is 3.96. The van der Waals surface area contributed by atoms with Gasteiger partial charge in [-0.05, 0) is 40.6 Å². The number of anilines is 1. The van der Waals surface area contributed by atoms with Crippen LogP contribution in [0.1, 0.15) is 5.56 Å². The highest BCUT2D eigenvalue weighted by atomic mass is 16.1. The molecule has 2 rings (SSSR count). The fourth-order valence-electron chi connectivity index (χ4n) is 1.54. The minimum absolute atomic E-state index is 0.763. The maximum absolute atomic E-state index is 10.2. The lowest BCUT2D eigenvalue weighted by atomic mass is 10.1. The number of nitrogen functional groups attached to an aromatic ring is 1. The third kappa shape index (κ3) is 2.05. The molecule has 0 radical (unpaired) electrons. The number of rotatable bonds is 2. The van der Waals surface area contributed by atoms with Crippen LogP contribution in [0.2, 0.25) is 0 Å². The van der Waals surface area contributed by atoms with Crippen molar-refractivity contribution in [3.8, 4) is 0 Å². The number of hydrogen-bond donors (Lipinski definition) is 1. The lowest BCUT2D eigenvalue weighted by Crippen LogP contribution is -1.83. The van der Waals surface area contributed by atoms with Crippen molar-refractivity contribution in [2.75, 3.05) is 5.73 Å². The predicted molar refractivity (Wildman–Crippen MR) is 63.5 cm³/mol. The highest BCUT2D eigenvalue weighted by Crippen LogP contribution is 2.19. The molecule has 0 aromatic heterocycles. The van der Waals surface area contributed by atoms with Crippen molar-refractivity contribution in [2.45, 2.75) is 0 Å². The molecule has 2 aromatic rings. The summed E-state index contributed by atoms with van der Waals surface area (Å²) in [6.07, 6.45) is 4.04. The van der Waals surface area contributed by atoms with Gasteiger partial charge in [0.25, 0.3) is 0 Å². The van der Waals surface area contributed by atoms with Gasteiger partial charge in [0.2, 0.25) is 0 Å². The molecule has 0 aliphatic carbocycles. The third-order valence-electron chi connectivity index (χ3n) is 2.26. The Morgan fingerprint density at radius 2 is 1.73 bits per heavy atom. The molecular weight excluding hydrogens is 186 g/mol. The molecule has 2 heteroatoms. The summed E-state index contributed by atoms with van der Waals surface area (Å²) in [5, 5.41) is 2.23. The summed E-state index contributed by atoms with van der Waals surface area (Å²) < 4.78 is 0. The Morgan fingerprint density at radius 3 is 2.53 bits per heavy atom. The monoisotopic (exact) mass is 197 g/mol. The summed E-state index contributed by atoms with van der Waals surface area (Å²) in [5.41, 5.74) is 7.46. The molecule has 74 valence electrons. The van der Waals surface area contributed by atoms with Crippen LogP contribution in [0.4, 0.5) is 5.69 Å². The van der Waals surface area contributed by atoms with E-state index in [1.54, 1.807) is 6.08 Å². The van der Waals surface area contributed by atoms with Crippen LogP contribution in [0.5, 0.6) is 0 Å². The fourth-order valence-corrected chi connectivity index (χ4v) is 1.54. The average molecular weight is 197 g/mol. The number of fused-ring (bicyclic) bond motifs is 1. The highest BCUT2D eigenvalue weighted by molar-refractivity contribution is 5.88. The van der Waals surface area contributed by atoms with Crippen LogP contribution in [0.3, 0.4) is 0 Å². The lowest BCUT2D eigenvalue weighted by molar-refractivity contribution is -0.104. The van der Waals surface area contributed by atoms with Crippen LogP contribution >= 0.6 is 0 Å². The van der Waals surface area contributed by atoms with E-state index in [0.717, 1.165) is 28.3 Å². The maximum atomic E-state index is 10.2. The van der Waals surface area contributed by atoms with Crippen LogP contribution in [0.15, 0.2) is 42.5 Å². The summed E-state index contributed by atoms with van der Waals surface area (Å²) in [6, 6.07) is 11.8. The zero-order chi connectivity index (χ0) is 10.7. The fraction of sp³-hybridized carbons (Fsp3) is 0. The van der Waals surface area contributed by atoms with Gasteiger partial charge >= 0.3 is 0 Å². The topological polar surface area (TPSA) is 43.1 Å². The molecule has 0 fully saturated rings. The minimum atomic E-state index is 0.763. The number of aldehydes is 1. The van der Waals surface area contributed by atoms with E-state index in [4.69, 9.17) is 5.73 Å². The van der Waals surface area contributed by atoms with Crippen LogP contribution in [0.25, 0.3) is 16.8 Å². The van der Waals surface area contributed by atoms with Gasteiger partial charge in [-0.2, -0.15) is 0 Å². The average Bonchev–Trinajstić information content (AvgIpc) is 2.26. The number of hydrogen-bond acceptors (Lipinski definition) is 2. The molecule has 15 heavy (non-hydrogen) atoms. The van der Waals surface area contributed by atoms with Gasteiger partial charge in [0.05, 0.1) is 0 Å². The Hall–Kier alpha value is -2.09. The number of carbonyl (C=O) groups is 1. The van der Waals surface area contributed by atoms with Crippen molar-refractivity contribution in [1.82, 2.24) is 0 Å². The molecule has 0 amide bonds. The zero-order valence-electron chi connectivity index (χ0n) is 8.18. The van der Waals surface area contributed by atoms with E-state index in [9.17, 15) is 4.79 Å². The first-order valence-electron chi connectivity index (χ1n) is 4.71. The van der Waals surface area contributed by atoms with Crippen LogP contribution in [-0.2, 0) is 4.79 Å². The Labute approximate surface area is 88.0 Å². The quantitative estimate of drug-likeness (QED) is 0.457. The van der Waals surface area contributed by atoms with Gasteiger partial charge in [-0.25, -0.2) is 0 Å². The molecule has 0 aliphatic heterocycles. The Bertz CT molecular complexity index is 529. The van der Waals surface area contributed by atoms with Crippen molar-refractivity contribution >= 4 is 28.8 Å². The number of benzene rings is 2. The van der Waals surface area contributed by atoms with E-state index in [2.05, 4.69) is 0 Å². The van der Waals surface area contributed by atoms with E-state index in [0.29, 0.717) is 0 Å². The van der Waals surface area contributed by atoms with E-state index < -0.39 is 0 Å². The smallest absolute Gasteiger partial charge is 0.142 e. The van der Waals surface area contributed by atoms with Crippen molar-refractivity contribution in [3.63, 3.8) is 0 Å². The number of nitrogens with two attached hydrogens (primary N) is 1. The number of allylic oxidation sites excluding steroid dienone is 1. The van der Waals surface area contributed by atoms with E-state index >= 15 is 0 Å². The van der Waals surface area contributed by atoms with Gasteiger partial charge in [-0.3, -0.25) is 4.79 Å². The highest BCUT2D eigenvalue weighted by Gasteiger charge is 1.94. The second-order valence-corrected chi connectivity index (χ2v) is 3.36. The molecule has 0 saturated carbocycles. The van der Waals surface area contributed by atoms with E-state index in [1.165, 1.54) is 6.08 Å². The molecule has 0 saturated heterocycles. The van der Waals surface area contributed by atoms with Crippen LogP contribution < -0.4 is 5.73 Å². The largest absolute Gasteiger partial charge is 0.399 e. The predicted octanol–water partition coefficient (Wildman–Crippen LogP) is 2.63. The molecule has 0 bridgehead atoms. The normalized spacial score (nSPS) is 10.9. The Morgan fingerprint density at radius 1 is 1.00 bits per heavy atom. The maximum Gasteiger partial charge on any atom is 0.142 e. The third-order valence-corrected chi connectivity index (χ3v) is 2.26. The molecule has 2 aromatic carbocycles. The summed E-state index contributed by atoms with van der Waals surface area (Å²) in [5.74, 6) is 0. The lowest BCUT2D eigenvalue weighted by Gasteiger charge is -2.00. The van der Waals surface area contributed by atoms with Crippen LogP contribution in [0, 0.1) is 0 Å². The van der Waals surface area contributed by atoms with Crippen molar-refractivity contribution < 1.29 is 4.79 Å². The molecule has 0 heterocycles. The molecule has 0 spiro atoms. The minimum Gasteiger partial charge on any atom is -0.399 e. The molecule has 0 unspecified atom stereocenters. The van der Waals surface area contributed by atoms with Gasteiger partial charge in [-0.15, -0.1) is 0 Å². The van der Waals surface area contributed by atoms with Gasteiger partial charge < -0.3 is 5.73 Å². The SMILES string of the molecule is Nc1ccc2cc(C=CC=O)ccc2c1. The Balaban J connectivity index is 2.52. The summed E-state index contributed by atoms with van der Waals surface area (Å²) >= 11 is 0. The Kier molecular flexibility index (Phi) is 2.50. The van der Waals surface area contributed by atoms with E-state index in [1.807, 2.05) is 36.4 Å². The first-order chi connectivity index (χ1) is 7.29. The first-order valence-corrected chi connectivity index (χ1v) is 4.71.